The molecular formula is C20H20N2O3. The zero-order chi connectivity index (χ0) is 18.0. The van der Waals surface area contributed by atoms with Gasteiger partial charge in [0.15, 0.2) is 5.60 Å². The number of ether oxygens (including phenoxy) is 1. The number of nitrogens with zero attached hydrogens (tertiary/aromatic N) is 1. The third kappa shape index (κ3) is 3.49. The zero-order valence-electron chi connectivity index (χ0n) is 14.2. The molecule has 25 heavy (non-hydrogen) atoms. The lowest BCUT2D eigenvalue weighted by atomic mass is 10.0. The molecule has 5 nitrogen and oxygen atoms in total. The van der Waals surface area contributed by atoms with Crippen LogP contribution in [-0.2, 0) is 11.2 Å². The Hall–Kier alpha value is -2.84. The Morgan fingerprint density at radius 2 is 1.92 bits per heavy atom. The van der Waals surface area contributed by atoms with Gasteiger partial charge in [0.1, 0.15) is 5.75 Å². The van der Waals surface area contributed by atoms with Crippen LogP contribution in [0.15, 0.2) is 48.5 Å². The normalized spacial score (nSPS) is 19.0. The summed E-state index contributed by atoms with van der Waals surface area (Å²) in [6, 6.07) is 15.9. The van der Waals surface area contributed by atoms with E-state index in [1.165, 1.54) is 0 Å². The second-order valence-corrected chi connectivity index (χ2v) is 6.67. The molecule has 0 saturated heterocycles. The number of hydrogen-bond donors (Lipinski definition) is 2. The largest absolute Gasteiger partial charge is 0.478 e. The number of rotatable bonds is 4. The molecule has 2 atom stereocenters. The first-order chi connectivity index (χ1) is 11.9. The first-order valence-electron chi connectivity index (χ1n) is 8.17. The second kappa shape index (κ2) is 6.58. The minimum absolute atomic E-state index is 0.308. The number of aliphatic hydroxyl groups excluding tert-OH is 1. The van der Waals surface area contributed by atoms with Gasteiger partial charge in [-0.1, -0.05) is 24.3 Å². The monoisotopic (exact) mass is 336 g/mol. The van der Waals surface area contributed by atoms with E-state index in [2.05, 4.69) is 5.32 Å². The summed E-state index contributed by atoms with van der Waals surface area (Å²) in [5, 5.41) is 22.0. The molecule has 1 aliphatic carbocycles. The molecule has 2 aromatic carbocycles. The fraction of sp³-hybridized carbons (Fsp3) is 0.300. The van der Waals surface area contributed by atoms with Gasteiger partial charge in [-0.15, -0.1) is 0 Å². The van der Waals surface area contributed by atoms with Crippen molar-refractivity contribution < 1.29 is 14.6 Å². The Kier molecular flexibility index (Phi) is 4.47. The molecule has 128 valence electrons. The molecule has 5 heteroatoms. The van der Waals surface area contributed by atoms with Crippen molar-refractivity contribution in [2.24, 2.45) is 0 Å². The van der Waals surface area contributed by atoms with Crippen molar-refractivity contribution >= 4 is 5.91 Å². The Balaban J connectivity index is 1.72. The van der Waals surface area contributed by atoms with Crippen LogP contribution in [0.5, 0.6) is 5.75 Å². The van der Waals surface area contributed by atoms with Gasteiger partial charge < -0.3 is 15.2 Å². The third-order valence-electron chi connectivity index (χ3n) is 4.39. The lowest BCUT2D eigenvalue weighted by Gasteiger charge is -2.28. The average Bonchev–Trinajstić information content (AvgIpc) is 2.91. The van der Waals surface area contributed by atoms with Gasteiger partial charge in [-0.2, -0.15) is 5.26 Å². The van der Waals surface area contributed by atoms with Crippen LogP contribution < -0.4 is 10.1 Å². The summed E-state index contributed by atoms with van der Waals surface area (Å²) in [4.78, 5) is 12.7. The van der Waals surface area contributed by atoms with Crippen LogP contribution in [0.2, 0.25) is 0 Å². The minimum Gasteiger partial charge on any atom is -0.478 e. The van der Waals surface area contributed by atoms with Gasteiger partial charge in [0.2, 0.25) is 0 Å². The smallest absolute Gasteiger partial charge is 0.264 e. The molecule has 0 aromatic heterocycles. The summed E-state index contributed by atoms with van der Waals surface area (Å²) in [6.45, 7) is 3.35. The molecule has 0 heterocycles. The topological polar surface area (TPSA) is 82.3 Å². The van der Waals surface area contributed by atoms with Gasteiger partial charge in [-0.3, -0.25) is 4.79 Å². The molecule has 1 aliphatic rings. The van der Waals surface area contributed by atoms with E-state index in [4.69, 9.17) is 10.00 Å². The van der Waals surface area contributed by atoms with E-state index in [1.54, 1.807) is 38.1 Å². The first-order valence-corrected chi connectivity index (χ1v) is 8.17. The number of nitriles is 1. The highest BCUT2D eigenvalue weighted by molar-refractivity contribution is 5.85. The lowest BCUT2D eigenvalue weighted by Crippen LogP contribution is -2.49. The highest BCUT2D eigenvalue weighted by atomic mass is 16.5. The molecule has 2 aromatic rings. The van der Waals surface area contributed by atoms with Gasteiger partial charge in [-0.25, -0.2) is 0 Å². The van der Waals surface area contributed by atoms with Crippen molar-refractivity contribution in [2.75, 3.05) is 0 Å². The summed E-state index contributed by atoms with van der Waals surface area (Å²) in [5.41, 5.74) is 1.40. The van der Waals surface area contributed by atoms with Crippen molar-refractivity contribution in [2.45, 2.75) is 38.0 Å². The molecule has 0 spiro atoms. The number of fused-ring (bicyclic) bond motifs is 1. The Morgan fingerprint density at radius 3 is 2.60 bits per heavy atom. The number of amides is 1. The Labute approximate surface area is 146 Å². The van der Waals surface area contributed by atoms with E-state index in [0.717, 1.165) is 11.1 Å². The Bertz CT molecular complexity index is 822. The number of nitrogens with one attached hydrogen (secondary N) is 1. The maximum absolute atomic E-state index is 12.7. The van der Waals surface area contributed by atoms with E-state index in [9.17, 15) is 9.90 Å². The predicted octanol–water partition coefficient (Wildman–Crippen LogP) is 2.49. The quantitative estimate of drug-likeness (QED) is 0.899. The number of carbonyl (C=O) groups is 1. The van der Waals surface area contributed by atoms with Crippen LogP contribution >= 0.6 is 0 Å². The molecule has 0 aliphatic heterocycles. The van der Waals surface area contributed by atoms with Crippen molar-refractivity contribution in [3.8, 4) is 11.8 Å². The van der Waals surface area contributed by atoms with Gasteiger partial charge in [-0.05, 0) is 49.2 Å². The van der Waals surface area contributed by atoms with E-state index in [0.29, 0.717) is 17.7 Å². The van der Waals surface area contributed by atoms with Crippen molar-refractivity contribution in [3.63, 3.8) is 0 Å². The van der Waals surface area contributed by atoms with Crippen LogP contribution in [-0.4, -0.2) is 22.7 Å². The van der Waals surface area contributed by atoms with Gasteiger partial charge in [0.05, 0.1) is 23.8 Å². The van der Waals surface area contributed by atoms with Crippen LogP contribution in [0.4, 0.5) is 0 Å². The van der Waals surface area contributed by atoms with Crippen LogP contribution in [0.3, 0.4) is 0 Å². The Morgan fingerprint density at radius 1 is 1.24 bits per heavy atom. The van der Waals surface area contributed by atoms with Crippen molar-refractivity contribution in [1.82, 2.24) is 5.32 Å². The standard InChI is InChI=1S/C20H20N2O3/c1-20(2,25-15-9-7-13(12-21)8-10-15)19(24)22-18-16-6-4-3-5-14(16)11-17(18)23/h3-10,17-18,23H,11H2,1-2H3,(H,22,24)/t17-,18+/m1/s1. The molecule has 1 amide bonds. The van der Waals surface area contributed by atoms with E-state index < -0.39 is 17.7 Å². The molecule has 0 fully saturated rings. The van der Waals surface area contributed by atoms with Crippen LogP contribution in [0, 0.1) is 11.3 Å². The fourth-order valence-corrected chi connectivity index (χ4v) is 3.00. The summed E-state index contributed by atoms with van der Waals surface area (Å²) in [6.07, 6.45) is -0.120. The highest BCUT2D eigenvalue weighted by Gasteiger charge is 2.37. The van der Waals surface area contributed by atoms with Gasteiger partial charge >= 0.3 is 0 Å². The lowest BCUT2D eigenvalue weighted by molar-refractivity contribution is -0.135. The predicted molar refractivity (Wildman–Crippen MR) is 92.9 cm³/mol. The maximum atomic E-state index is 12.7. The number of benzene rings is 2. The molecule has 2 N–H and O–H groups in total. The van der Waals surface area contributed by atoms with Crippen molar-refractivity contribution in [1.29, 1.82) is 5.26 Å². The van der Waals surface area contributed by atoms with Crippen LogP contribution in [0.25, 0.3) is 0 Å². The summed E-state index contributed by atoms with van der Waals surface area (Å²) in [7, 11) is 0. The highest BCUT2D eigenvalue weighted by Crippen LogP contribution is 2.32. The minimum atomic E-state index is -1.12. The fourth-order valence-electron chi connectivity index (χ4n) is 3.00. The van der Waals surface area contributed by atoms with Crippen molar-refractivity contribution in [3.05, 3.63) is 65.2 Å². The summed E-state index contributed by atoms with van der Waals surface area (Å²) in [5.74, 6) is 0.198. The second-order valence-electron chi connectivity index (χ2n) is 6.67. The average molecular weight is 336 g/mol. The van der Waals surface area contributed by atoms with E-state index in [1.807, 2.05) is 30.3 Å². The van der Waals surface area contributed by atoms with Gasteiger partial charge in [0.25, 0.3) is 5.91 Å². The van der Waals surface area contributed by atoms with E-state index in [-0.39, 0.29) is 5.91 Å². The summed E-state index contributed by atoms with van der Waals surface area (Å²) >= 11 is 0. The molecule has 0 radical (unpaired) electrons. The third-order valence-corrected chi connectivity index (χ3v) is 4.39. The zero-order valence-corrected chi connectivity index (χ0v) is 14.2. The van der Waals surface area contributed by atoms with Crippen LogP contribution in [0.1, 0.15) is 36.6 Å². The molecule has 0 bridgehead atoms. The van der Waals surface area contributed by atoms with Gasteiger partial charge in [0, 0.05) is 6.42 Å². The molecule has 3 rings (SSSR count). The number of carbonyl (C=O) groups excluding carboxylic acids is 1. The number of aliphatic hydroxyl groups is 1. The molecule has 0 saturated carbocycles. The van der Waals surface area contributed by atoms with E-state index >= 15 is 0 Å². The maximum Gasteiger partial charge on any atom is 0.264 e. The molecular weight excluding hydrogens is 316 g/mol. The number of hydrogen-bond acceptors (Lipinski definition) is 4. The summed E-state index contributed by atoms with van der Waals surface area (Å²) < 4.78 is 5.79. The molecule has 0 unspecified atom stereocenters. The first kappa shape index (κ1) is 17.0. The SMILES string of the molecule is CC(C)(Oc1ccc(C#N)cc1)C(=O)N[C@H]1c2ccccc2C[C@H]1O.